The molecule has 1 fully saturated rings. The van der Waals surface area contributed by atoms with Crippen molar-refractivity contribution in [3.63, 3.8) is 0 Å². The summed E-state index contributed by atoms with van der Waals surface area (Å²) < 4.78 is 41.1. The lowest BCUT2D eigenvalue weighted by Gasteiger charge is -2.24. The summed E-state index contributed by atoms with van der Waals surface area (Å²) in [7, 11) is -2.41. The number of carbonyl (C=O) groups is 1. The number of aryl methyl sites for hydroxylation is 1. The molecule has 2 heterocycles. The molecule has 0 bridgehead atoms. The Balaban J connectivity index is 1.44. The zero-order valence-electron chi connectivity index (χ0n) is 22.8. The van der Waals surface area contributed by atoms with Crippen LogP contribution in [0.15, 0.2) is 83.9 Å². The van der Waals surface area contributed by atoms with Gasteiger partial charge in [0.15, 0.2) is 0 Å². The Morgan fingerprint density at radius 1 is 1.10 bits per heavy atom. The van der Waals surface area contributed by atoms with Gasteiger partial charge >= 0.3 is 0 Å². The first-order valence-corrected chi connectivity index (χ1v) is 15.0. The van der Waals surface area contributed by atoms with Gasteiger partial charge in [-0.1, -0.05) is 29.3 Å². The maximum absolute atomic E-state index is 13.6. The molecule has 1 aromatic heterocycles. The molecule has 1 aliphatic rings. The maximum Gasteiger partial charge on any atom is 0.243 e. The summed E-state index contributed by atoms with van der Waals surface area (Å²) in [6, 6.07) is 21.1. The minimum Gasteiger partial charge on any atom is -0.497 e. The predicted molar refractivity (Wildman–Crippen MR) is 158 cm³/mol. The van der Waals surface area contributed by atoms with E-state index in [1.165, 1.54) is 24.3 Å². The molecule has 0 saturated carbocycles. The third-order valence-electron chi connectivity index (χ3n) is 6.86. The lowest BCUT2D eigenvalue weighted by Crippen LogP contribution is -2.42. The number of amides is 1. The number of halogens is 1. The van der Waals surface area contributed by atoms with Crippen molar-refractivity contribution in [1.29, 1.82) is 0 Å². The van der Waals surface area contributed by atoms with E-state index in [0.717, 1.165) is 34.0 Å². The van der Waals surface area contributed by atoms with Crippen molar-refractivity contribution in [3.8, 4) is 22.7 Å². The number of nitrogens with one attached hydrogen (secondary N) is 1. The molecule has 3 aromatic carbocycles. The highest BCUT2D eigenvalue weighted by atomic mass is 35.5. The first-order chi connectivity index (χ1) is 19.7. The third-order valence-corrected chi connectivity index (χ3v) is 8.94. The van der Waals surface area contributed by atoms with Gasteiger partial charge in [0.25, 0.3) is 0 Å². The Labute approximate surface area is 244 Å². The number of rotatable bonds is 10. The smallest absolute Gasteiger partial charge is 0.243 e. The van der Waals surface area contributed by atoms with Crippen molar-refractivity contribution in [2.24, 2.45) is 0 Å². The van der Waals surface area contributed by atoms with Crippen LogP contribution in [-0.2, 0) is 19.6 Å². The van der Waals surface area contributed by atoms with Gasteiger partial charge in [0.05, 0.1) is 30.3 Å². The van der Waals surface area contributed by atoms with Gasteiger partial charge in [0.2, 0.25) is 21.9 Å². The number of sulfonamides is 1. The van der Waals surface area contributed by atoms with Crippen LogP contribution in [0.5, 0.6) is 5.75 Å². The van der Waals surface area contributed by atoms with Crippen LogP contribution < -0.4 is 10.1 Å². The minimum atomic E-state index is -4.01. The van der Waals surface area contributed by atoms with Gasteiger partial charge in [0, 0.05) is 35.6 Å². The molecular formula is C30H31ClN4O5S. The van der Waals surface area contributed by atoms with Crippen LogP contribution >= 0.6 is 11.6 Å². The van der Waals surface area contributed by atoms with E-state index in [9.17, 15) is 13.2 Å². The summed E-state index contributed by atoms with van der Waals surface area (Å²) in [5.74, 6) is 0.458. The fourth-order valence-corrected chi connectivity index (χ4v) is 6.17. The molecule has 5 rings (SSSR count). The first-order valence-electron chi connectivity index (χ1n) is 13.2. The van der Waals surface area contributed by atoms with E-state index in [0.29, 0.717) is 23.1 Å². The Hall–Kier alpha value is -3.70. The molecule has 11 heteroatoms. The number of hydrogen-bond acceptors (Lipinski definition) is 6. The van der Waals surface area contributed by atoms with Crippen LogP contribution in [0.1, 0.15) is 18.4 Å². The molecule has 9 nitrogen and oxygen atoms in total. The Morgan fingerprint density at radius 2 is 1.80 bits per heavy atom. The van der Waals surface area contributed by atoms with E-state index in [1.807, 2.05) is 61.7 Å². The van der Waals surface area contributed by atoms with Gasteiger partial charge in [-0.2, -0.15) is 4.31 Å². The Bertz CT molecular complexity index is 1600. The largest absolute Gasteiger partial charge is 0.497 e. The highest BCUT2D eigenvalue weighted by molar-refractivity contribution is 7.89. The molecule has 0 radical (unpaired) electrons. The zero-order chi connectivity index (χ0) is 29.0. The number of anilines is 1. The number of imidazole rings is 1. The topological polar surface area (TPSA) is 103 Å². The van der Waals surface area contributed by atoms with Crippen LogP contribution in [0, 0.1) is 6.92 Å². The third kappa shape index (κ3) is 6.79. The van der Waals surface area contributed by atoms with Crippen molar-refractivity contribution < 1.29 is 22.7 Å². The van der Waals surface area contributed by atoms with Crippen molar-refractivity contribution in [1.82, 2.24) is 13.9 Å². The molecule has 214 valence electrons. The number of hydrogen-bond donors (Lipinski definition) is 1. The summed E-state index contributed by atoms with van der Waals surface area (Å²) in [4.78, 5) is 18.2. The van der Waals surface area contributed by atoms with Gasteiger partial charge in [0.1, 0.15) is 5.75 Å². The molecule has 0 spiro atoms. The van der Waals surface area contributed by atoms with E-state index >= 15 is 0 Å². The number of carbonyl (C=O) groups excluding carboxylic acids is 1. The summed E-state index contributed by atoms with van der Waals surface area (Å²) in [6.07, 6.45) is 3.10. The molecule has 41 heavy (non-hydrogen) atoms. The van der Waals surface area contributed by atoms with Crippen molar-refractivity contribution in [3.05, 3.63) is 89.6 Å². The van der Waals surface area contributed by atoms with Crippen LogP contribution in [0.3, 0.4) is 0 Å². The molecule has 1 saturated heterocycles. The second kappa shape index (κ2) is 12.4. The predicted octanol–water partition coefficient (Wildman–Crippen LogP) is 5.32. The quantitative estimate of drug-likeness (QED) is 0.267. The Kier molecular flexibility index (Phi) is 8.74. The highest BCUT2D eigenvalue weighted by Crippen LogP contribution is 2.27. The highest BCUT2D eigenvalue weighted by Gasteiger charge is 2.31. The first kappa shape index (κ1) is 28.8. The van der Waals surface area contributed by atoms with Crippen molar-refractivity contribution >= 4 is 33.5 Å². The molecule has 1 amide bonds. The van der Waals surface area contributed by atoms with Crippen LogP contribution in [-0.4, -0.2) is 61.1 Å². The average molecular weight is 595 g/mol. The summed E-state index contributed by atoms with van der Waals surface area (Å²) in [5, 5.41) is 3.26. The van der Waals surface area contributed by atoms with E-state index in [4.69, 9.17) is 26.1 Å². The number of aromatic nitrogens is 2. The Morgan fingerprint density at radius 3 is 2.44 bits per heavy atom. The fraction of sp³-hybridized carbons (Fsp3) is 0.267. The lowest BCUT2D eigenvalue weighted by atomic mass is 10.1. The molecule has 1 atom stereocenters. The van der Waals surface area contributed by atoms with E-state index in [1.54, 1.807) is 11.7 Å². The summed E-state index contributed by atoms with van der Waals surface area (Å²) in [6.45, 7) is 2.20. The van der Waals surface area contributed by atoms with E-state index < -0.39 is 22.5 Å². The SMILES string of the molecule is COc1ccc(-c2cn(-c3ccc(C)cc3)c(NC(=O)CN(CC3CCCO3)S(=O)(=O)c3ccc(Cl)cc3)n2)cc1. The maximum atomic E-state index is 13.6. The van der Waals surface area contributed by atoms with Crippen LogP contribution in [0.4, 0.5) is 5.95 Å². The standard InChI is InChI=1S/C30H31ClN4O5S/c1-21-5-11-24(12-6-21)35-19-28(22-7-13-25(39-2)14-8-22)32-30(35)33-29(36)20-34(18-26-4-3-17-40-26)41(37,38)27-15-9-23(31)10-16-27/h5-16,19,26H,3-4,17-18,20H2,1-2H3,(H,32,33,36). The number of benzene rings is 3. The number of ether oxygens (including phenoxy) is 2. The molecule has 1 aliphatic heterocycles. The van der Waals surface area contributed by atoms with Gasteiger partial charge < -0.3 is 9.47 Å². The lowest BCUT2D eigenvalue weighted by molar-refractivity contribution is -0.116. The second-order valence-corrected chi connectivity index (χ2v) is 12.2. The molecule has 1 unspecified atom stereocenters. The minimum absolute atomic E-state index is 0.0515. The van der Waals surface area contributed by atoms with Crippen LogP contribution in [0.25, 0.3) is 16.9 Å². The normalized spacial score (nSPS) is 15.3. The van der Waals surface area contributed by atoms with E-state index in [2.05, 4.69) is 5.32 Å². The average Bonchev–Trinajstić information content (AvgIpc) is 3.64. The van der Waals surface area contributed by atoms with E-state index in [-0.39, 0.29) is 23.5 Å². The summed E-state index contributed by atoms with van der Waals surface area (Å²) in [5.41, 5.74) is 3.35. The van der Waals surface area contributed by atoms with Crippen molar-refractivity contribution in [2.75, 3.05) is 32.1 Å². The number of methoxy groups -OCH3 is 1. The number of nitrogens with zero attached hydrogens (tertiary/aromatic N) is 3. The van der Waals surface area contributed by atoms with Gasteiger partial charge in [-0.3, -0.25) is 14.7 Å². The molecular weight excluding hydrogens is 564 g/mol. The van der Waals surface area contributed by atoms with Crippen LogP contribution in [0.2, 0.25) is 5.02 Å². The monoisotopic (exact) mass is 594 g/mol. The van der Waals surface area contributed by atoms with Crippen molar-refractivity contribution in [2.45, 2.75) is 30.8 Å². The zero-order valence-corrected chi connectivity index (χ0v) is 24.4. The fourth-order valence-electron chi connectivity index (χ4n) is 4.61. The molecule has 0 aliphatic carbocycles. The summed E-state index contributed by atoms with van der Waals surface area (Å²) >= 11 is 5.98. The van der Waals surface area contributed by atoms with Gasteiger partial charge in [-0.05, 0) is 80.4 Å². The second-order valence-electron chi connectivity index (χ2n) is 9.82. The van der Waals surface area contributed by atoms with Gasteiger partial charge in [-0.15, -0.1) is 0 Å². The molecule has 1 N–H and O–H groups in total. The van der Waals surface area contributed by atoms with Gasteiger partial charge in [-0.25, -0.2) is 13.4 Å². The molecule has 4 aromatic rings.